The Bertz CT molecular complexity index is 1430. The Kier molecular flexibility index (Phi) is 7.39. The zero-order valence-corrected chi connectivity index (χ0v) is 23.0. The summed E-state index contributed by atoms with van der Waals surface area (Å²) < 4.78 is 47.7. The molecule has 39 heavy (non-hydrogen) atoms. The zero-order chi connectivity index (χ0) is 27.9. The SMILES string of the molecule is C=C1CCCC(F)(F)c2c(Cl)cc(O)cc2-c2ncc3c(nc(CC)nc3c2F)N2CCCC(C)(CCN1)C2. The number of pyridine rings is 1. The fourth-order valence-electron chi connectivity index (χ4n) is 5.80. The van der Waals surface area contributed by atoms with Crippen LogP contribution in [0.1, 0.15) is 63.8 Å². The highest BCUT2D eigenvalue weighted by Crippen LogP contribution is 2.46. The number of allylic oxidation sites excluding steroid dienone is 1. The van der Waals surface area contributed by atoms with E-state index in [1.807, 2.05) is 6.92 Å². The average Bonchev–Trinajstić information content (AvgIpc) is 2.87. The van der Waals surface area contributed by atoms with E-state index < -0.39 is 23.7 Å². The molecule has 6 rings (SSSR count). The van der Waals surface area contributed by atoms with Crippen LogP contribution in [0.4, 0.5) is 19.0 Å². The van der Waals surface area contributed by atoms with Crippen molar-refractivity contribution in [3.05, 3.63) is 52.8 Å². The minimum absolute atomic E-state index is 0.0157. The maximum Gasteiger partial charge on any atom is 0.275 e. The van der Waals surface area contributed by atoms with Gasteiger partial charge in [0.1, 0.15) is 28.6 Å². The number of benzene rings is 1. The van der Waals surface area contributed by atoms with Crippen molar-refractivity contribution in [3.8, 4) is 17.0 Å². The Morgan fingerprint density at radius 1 is 1.18 bits per heavy atom. The molecule has 0 aliphatic carbocycles. The summed E-state index contributed by atoms with van der Waals surface area (Å²) in [5, 5.41) is 13.6. The van der Waals surface area contributed by atoms with E-state index in [-0.39, 0.29) is 39.4 Å². The number of hydrogen-bond donors (Lipinski definition) is 2. The smallest absolute Gasteiger partial charge is 0.275 e. The number of rotatable bonds is 1. The first kappa shape index (κ1) is 27.5. The van der Waals surface area contributed by atoms with Crippen LogP contribution >= 0.6 is 11.6 Å². The van der Waals surface area contributed by atoms with Crippen LogP contribution in [-0.4, -0.2) is 39.7 Å². The maximum atomic E-state index is 16.3. The predicted molar refractivity (Wildman–Crippen MR) is 148 cm³/mol. The quantitative estimate of drug-likeness (QED) is 0.330. The Labute approximate surface area is 231 Å². The second kappa shape index (κ2) is 10.5. The fraction of sp³-hybridized carbons (Fsp3) is 0.483. The van der Waals surface area contributed by atoms with Gasteiger partial charge >= 0.3 is 0 Å². The van der Waals surface area contributed by atoms with Crippen molar-refractivity contribution in [1.29, 1.82) is 0 Å². The normalized spacial score (nSPS) is 21.9. The van der Waals surface area contributed by atoms with Gasteiger partial charge in [0, 0.05) is 55.5 Å². The molecule has 6 nitrogen and oxygen atoms in total. The van der Waals surface area contributed by atoms with E-state index in [0.29, 0.717) is 42.1 Å². The summed E-state index contributed by atoms with van der Waals surface area (Å²) in [7, 11) is 0. The second-order valence-corrected chi connectivity index (χ2v) is 11.4. The van der Waals surface area contributed by atoms with Crippen LogP contribution in [0.5, 0.6) is 5.75 Å². The molecule has 2 aromatic heterocycles. The first-order chi connectivity index (χ1) is 18.5. The topological polar surface area (TPSA) is 74.2 Å². The number of alkyl halides is 2. The highest BCUT2D eigenvalue weighted by Gasteiger charge is 2.38. The van der Waals surface area contributed by atoms with Crippen molar-refractivity contribution < 1.29 is 18.3 Å². The summed E-state index contributed by atoms with van der Waals surface area (Å²) in [4.78, 5) is 15.7. The summed E-state index contributed by atoms with van der Waals surface area (Å²) in [5.41, 5.74) is -0.463. The lowest BCUT2D eigenvalue weighted by Crippen LogP contribution is -2.43. The molecule has 3 aromatic rings. The van der Waals surface area contributed by atoms with Gasteiger partial charge in [0.2, 0.25) is 0 Å². The number of aryl methyl sites for hydroxylation is 1. The lowest BCUT2D eigenvalue weighted by Gasteiger charge is -2.41. The summed E-state index contributed by atoms with van der Waals surface area (Å²) in [6.07, 6.45) is 4.75. The third-order valence-corrected chi connectivity index (χ3v) is 8.17. The molecule has 10 heteroatoms. The Morgan fingerprint density at radius 2 is 1.97 bits per heavy atom. The number of phenols is 1. The Hall–Kier alpha value is -3.07. The molecule has 1 aromatic carbocycles. The van der Waals surface area contributed by atoms with Crippen LogP contribution in [0.15, 0.2) is 30.6 Å². The monoisotopic (exact) mass is 559 g/mol. The van der Waals surface area contributed by atoms with Gasteiger partial charge in [0.15, 0.2) is 5.82 Å². The van der Waals surface area contributed by atoms with Gasteiger partial charge in [-0.15, -0.1) is 0 Å². The highest BCUT2D eigenvalue weighted by molar-refractivity contribution is 6.32. The van der Waals surface area contributed by atoms with E-state index in [1.165, 1.54) is 6.20 Å². The van der Waals surface area contributed by atoms with Gasteiger partial charge in [0.25, 0.3) is 5.92 Å². The van der Waals surface area contributed by atoms with Gasteiger partial charge in [-0.05, 0) is 49.7 Å². The first-order valence-electron chi connectivity index (χ1n) is 13.4. The molecular weight excluding hydrogens is 527 g/mol. The van der Waals surface area contributed by atoms with Crippen LogP contribution in [0.25, 0.3) is 22.2 Å². The van der Waals surface area contributed by atoms with Crippen molar-refractivity contribution in [2.75, 3.05) is 24.5 Å². The number of aromatic nitrogens is 3. The van der Waals surface area contributed by atoms with E-state index in [4.69, 9.17) is 16.6 Å². The number of aromatic hydroxyl groups is 1. The Morgan fingerprint density at radius 3 is 2.74 bits per heavy atom. The first-order valence-corrected chi connectivity index (χ1v) is 13.8. The molecule has 6 bridgehead atoms. The third-order valence-electron chi connectivity index (χ3n) is 7.88. The number of anilines is 1. The van der Waals surface area contributed by atoms with Crippen molar-refractivity contribution in [1.82, 2.24) is 20.3 Å². The number of halogens is 4. The number of phenolic OH excluding ortho intramolecular Hbond substituents is 1. The summed E-state index contributed by atoms with van der Waals surface area (Å²) in [5.74, 6) is -3.56. The number of piperidine rings is 1. The zero-order valence-electron chi connectivity index (χ0n) is 22.3. The maximum absolute atomic E-state index is 16.3. The average molecular weight is 560 g/mol. The summed E-state index contributed by atoms with van der Waals surface area (Å²) in [6, 6.07) is 2.13. The van der Waals surface area contributed by atoms with Gasteiger partial charge in [-0.2, -0.15) is 0 Å². The molecule has 1 saturated heterocycles. The number of fused-ring (bicyclic) bond motifs is 8. The van der Waals surface area contributed by atoms with Crippen molar-refractivity contribution >= 4 is 28.3 Å². The van der Waals surface area contributed by atoms with Gasteiger partial charge in [-0.3, -0.25) is 4.98 Å². The van der Waals surface area contributed by atoms with Crippen LogP contribution in [0.2, 0.25) is 5.02 Å². The molecule has 3 aliphatic heterocycles. The van der Waals surface area contributed by atoms with Crippen LogP contribution in [-0.2, 0) is 12.3 Å². The molecule has 1 atom stereocenters. The standard InChI is InChI=1S/C29H33ClF3N5O/c1-4-22-36-26-20-15-35-25(24(26)31)19-13-18(39)14-21(30)23(19)29(32,33)9-5-7-17(2)34-11-10-28(3)8-6-12-38(16-28)27(20)37-22/h13-15,34,39H,2,4-12,16H2,1,3H3. The van der Waals surface area contributed by atoms with E-state index >= 15 is 13.2 Å². The van der Waals surface area contributed by atoms with Gasteiger partial charge in [-0.25, -0.2) is 23.1 Å². The molecule has 5 heterocycles. The molecule has 1 fully saturated rings. The van der Waals surface area contributed by atoms with Gasteiger partial charge < -0.3 is 15.3 Å². The molecule has 2 N–H and O–H groups in total. The number of nitrogens with zero attached hydrogens (tertiary/aromatic N) is 4. The summed E-state index contributed by atoms with van der Waals surface area (Å²) >= 11 is 6.27. The van der Waals surface area contributed by atoms with Crippen LogP contribution in [0.3, 0.4) is 0 Å². The van der Waals surface area contributed by atoms with Gasteiger partial charge in [0.05, 0.1) is 10.4 Å². The molecule has 1 unspecified atom stereocenters. The number of hydrogen-bond acceptors (Lipinski definition) is 6. The molecule has 3 aliphatic rings. The van der Waals surface area contributed by atoms with Crippen molar-refractivity contribution in [2.45, 2.75) is 64.7 Å². The molecule has 0 amide bonds. The Balaban J connectivity index is 1.75. The van der Waals surface area contributed by atoms with E-state index in [9.17, 15) is 5.11 Å². The molecule has 0 saturated carbocycles. The second-order valence-electron chi connectivity index (χ2n) is 11.0. The largest absolute Gasteiger partial charge is 0.508 e. The van der Waals surface area contributed by atoms with E-state index in [1.54, 1.807) is 0 Å². The van der Waals surface area contributed by atoms with Crippen molar-refractivity contribution in [2.24, 2.45) is 5.41 Å². The highest BCUT2D eigenvalue weighted by atomic mass is 35.5. The molecular formula is C29H33ClF3N5O. The third kappa shape index (κ3) is 5.38. The van der Waals surface area contributed by atoms with E-state index in [2.05, 4.69) is 33.7 Å². The predicted octanol–water partition coefficient (Wildman–Crippen LogP) is 7.13. The minimum atomic E-state index is -3.41. The molecule has 208 valence electrons. The summed E-state index contributed by atoms with van der Waals surface area (Å²) in [6.45, 7) is 10.3. The molecule has 0 radical (unpaired) electrons. The van der Waals surface area contributed by atoms with Gasteiger partial charge in [-0.1, -0.05) is 32.0 Å². The van der Waals surface area contributed by atoms with Crippen molar-refractivity contribution in [3.63, 3.8) is 0 Å². The van der Waals surface area contributed by atoms with Crippen LogP contribution in [0, 0.1) is 11.2 Å². The fourth-order valence-corrected chi connectivity index (χ4v) is 6.16. The van der Waals surface area contributed by atoms with Crippen LogP contribution < -0.4 is 10.2 Å². The number of nitrogens with one attached hydrogen (secondary N) is 1. The molecule has 0 spiro atoms. The minimum Gasteiger partial charge on any atom is -0.508 e. The lowest BCUT2D eigenvalue weighted by molar-refractivity contribution is -0.0145. The van der Waals surface area contributed by atoms with E-state index in [0.717, 1.165) is 44.5 Å². The lowest BCUT2D eigenvalue weighted by atomic mass is 9.79.